The van der Waals surface area contributed by atoms with E-state index in [-0.39, 0.29) is 35.2 Å². The number of hydrogen-bond acceptors (Lipinski definition) is 8. The van der Waals surface area contributed by atoms with Crippen molar-refractivity contribution >= 4 is 17.6 Å². The average Bonchev–Trinajstić information content (AvgIpc) is 3.44. The van der Waals surface area contributed by atoms with Crippen molar-refractivity contribution in [1.82, 2.24) is 24.7 Å². The molecule has 14 heteroatoms. The molecule has 0 aromatic carbocycles. The maximum absolute atomic E-state index is 13.3. The van der Waals surface area contributed by atoms with Crippen LogP contribution in [-0.2, 0) is 0 Å². The van der Waals surface area contributed by atoms with Crippen molar-refractivity contribution in [2.45, 2.75) is 44.8 Å². The van der Waals surface area contributed by atoms with Gasteiger partial charge in [0.1, 0.15) is 0 Å². The number of fused-ring (bicyclic) bond motifs is 3. The fourth-order valence-electron chi connectivity index (χ4n) is 4.66. The van der Waals surface area contributed by atoms with Gasteiger partial charge in [0.15, 0.2) is 23.8 Å². The predicted molar refractivity (Wildman–Crippen MR) is 109 cm³/mol. The van der Waals surface area contributed by atoms with Crippen LogP contribution in [0.15, 0.2) is 16.7 Å². The van der Waals surface area contributed by atoms with Gasteiger partial charge >= 0.3 is 18.1 Å². The molecule has 1 saturated carbocycles. The van der Waals surface area contributed by atoms with Crippen molar-refractivity contribution in [3.05, 3.63) is 23.7 Å². The molecule has 3 aromatic rings. The molecule has 0 radical (unpaired) electrons. The van der Waals surface area contributed by atoms with Crippen molar-refractivity contribution in [2.75, 3.05) is 29.9 Å². The molecule has 0 spiro atoms. The fourth-order valence-corrected chi connectivity index (χ4v) is 4.66. The minimum absolute atomic E-state index is 0.0617. The summed E-state index contributed by atoms with van der Waals surface area (Å²) >= 11 is 0. The number of pyridine rings is 1. The highest BCUT2D eigenvalue weighted by atomic mass is 19.4. The highest BCUT2D eigenvalue weighted by Gasteiger charge is 2.58. The molecular weight excluding hydrogens is 465 g/mol. The summed E-state index contributed by atoms with van der Waals surface area (Å²) < 4.78 is 75.7. The Morgan fingerprint density at radius 1 is 1.09 bits per heavy atom. The summed E-state index contributed by atoms with van der Waals surface area (Å²) in [5.41, 5.74) is 0.682. The van der Waals surface area contributed by atoms with Crippen LogP contribution in [0.3, 0.4) is 0 Å². The third kappa shape index (κ3) is 3.98. The van der Waals surface area contributed by atoms with Crippen LogP contribution < -0.4 is 15.0 Å². The van der Waals surface area contributed by atoms with E-state index in [1.165, 1.54) is 16.6 Å². The maximum atomic E-state index is 13.3. The first-order valence-electron chi connectivity index (χ1n) is 10.8. The molecule has 2 fully saturated rings. The maximum Gasteiger partial charge on any atom is 0.456 e. The van der Waals surface area contributed by atoms with Gasteiger partial charge in [0, 0.05) is 24.8 Å². The SMILES string of the molecule is Cc1noc(N2CC3CCC(C2)C3Nc2nc3c(OCC(F)(F)C(F)(F)F)ccc(C)n3n2)n1. The van der Waals surface area contributed by atoms with Gasteiger partial charge in [-0.05, 0) is 50.7 Å². The molecule has 1 saturated heterocycles. The van der Waals surface area contributed by atoms with E-state index in [1.54, 1.807) is 13.8 Å². The van der Waals surface area contributed by atoms with Crippen LogP contribution in [0.25, 0.3) is 5.65 Å². The Hall–Kier alpha value is -3.19. The van der Waals surface area contributed by atoms with E-state index in [0.717, 1.165) is 12.8 Å². The van der Waals surface area contributed by atoms with E-state index in [9.17, 15) is 22.0 Å². The molecule has 1 aliphatic heterocycles. The van der Waals surface area contributed by atoms with Crippen molar-refractivity contribution in [3.8, 4) is 5.75 Å². The first-order valence-corrected chi connectivity index (χ1v) is 10.8. The molecule has 1 aliphatic carbocycles. The van der Waals surface area contributed by atoms with Gasteiger partial charge in [-0.25, -0.2) is 4.52 Å². The first-order chi connectivity index (χ1) is 16.0. The molecule has 184 valence electrons. The second-order valence-corrected chi connectivity index (χ2v) is 8.80. The summed E-state index contributed by atoms with van der Waals surface area (Å²) in [6.07, 6.45) is -3.74. The highest BCUT2D eigenvalue weighted by molar-refractivity contribution is 5.57. The number of nitrogens with zero attached hydrogens (tertiary/aromatic N) is 6. The van der Waals surface area contributed by atoms with E-state index >= 15 is 0 Å². The molecule has 0 amide bonds. The zero-order chi connectivity index (χ0) is 24.3. The molecular formula is C20H22F5N7O2. The number of halogens is 5. The number of aryl methyl sites for hydroxylation is 2. The molecule has 2 unspecified atom stereocenters. The van der Waals surface area contributed by atoms with Gasteiger partial charge in [-0.15, -0.1) is 5.10 Å². The van der Waals surface area contributed by atoms with Gasteiger partial charge < -0.3 is 19.5 Å². The number of aromatic nitrogens is 5. The van der Waals surface area contributed by atoms with Gasteiger partial charge in [0.2, 0.25) is 5.95 Å². The number of rotatable bonds is 6. The summed E-state index contributed by atoms with van der Waals surface area (Å²) in [6.45, 7) is 3.05. The standard InChI is InChI=1S/C20H22F5N7O2/c1-10-3-6-14(33-9-19(21,22)20(23,24)25)16-28-17(29-32(10)16)27-15-12-4-5-13(15)8-31(7-12)18-26-11(2)30-34-18/h3,6,12-13,15H,4-5,7-9H2,1-2H3,(H,27,29). The van der Waals surface area contributed by atoms with Crippen LogP contribution in [0.4, 0.5) is 33.9 Å². The number of anilines is 2. The lowest BCUT2D eigenvalue weighted by Crippen LogP contribution is -2.48. The fraction of sp³-hybridized carbons (Fsp3) is 0.600. The van der Waals surface area contributed by atoms with E-state index < -0.39 is 18.7 Å². The van der Waals surface area contributed by atoms with Crippen LogP contribution in [-0.4, -0.2) is 62.6 Å². The monoisotopic (exact) mass is 487 g/mol. The Morgan fingerprint density at radius 2 is 1.79 bits per heavy atom. The lowest BCUT2D eigenvalue weighted by atomic mass is 9.92. The Kier molecular flexibility index (Phi) is 5.28. The number of ether oxygens (including phenoxy) is 1. The number of hydrogen-bond donors (Lipinski definition) is 1. The average molecular weight is 487 g/mol. The van der Waals surface area contributed by atoms with Crippen molar-refractivity contribution in [3.63, 3.8) is 0 Å². The van der Waals surface area contributed by atoms with Gasteiger partial charge in [-0.2, -0.15) is 31.9 Å². The van der Waals surface area contributed by atoms with Gasteiger partial charge in [-0.1, -0.05) is 5.16 Å². The lowest BCUT2D eigenvalue weighted by molar-refractivity contribution is -0.289. The number of piperidine rings is 1. The number of alkyl halides is 5. The highest BCUT2D eigenvalue weighted by Crippen LogP contribution is 2.40. The van der Waals surface area contributed by atoms with Gasteiger partial charge in [0.05, 0.1) is 0 Å². The summed E-state index contributed by atoms with van der Waals surface area (Å²) in [5, 5.41) is 11.6. The topological polar surface area (TPSA) is 93.6 Å². The lowest BCUT2D eigenvalue weighted by Gasteiger charge is -2.37. The normalized spacial score (nSPS) is 23.0. The van der Waals surface area contributed by atoms with Crippen LogP contribution >= 0.6 is 0 Å². The van der Waals surface area contributed by atoms with Crippen LogP contribution in [0.1, 0.15) is 24.4 Å². The smallest absolute Gasteiger partial charge is 0.456 e. The molecule has 9 nitrogen and oxygen atoms in total. The minimum atomic E-state index is -5.71. The third-order valence-corrected chi connectivity index (χ3v) is 6.38. The summed E-state index contributed by atoms with van der Waals surface area (Å²) in [4.78, 5) is 10.7. The predicted octanol–water partition coefficient (Wildman–Crippen LogP) is 3.63. The second kappa shape index (κ2) is 7.94. The van der Waals surface area contributed by atoms with Crippen molar-refractivity contribution in [2.24, 2.45) is 11.8 Å². The van der Waals surface area contributed by atoms with E-state index in [4.69, 9.17) is 9.26 Å². The molecule has 2 aliphatic rings. The van der Waals surface area contributed by atoms with E-state index in [2.05, 4.69) is 30.4 Å². The molecule has 2 bridgehead atoms. The molecule has 1 N–H and O–H groups in total. The summed E-state index contributed by atoms with van der Waals surface area (Å²) in [7, 11) is 0. The van der Waals surface area contributed by atoms with E-state index in [0.29, 0.717) is 30.6 Å². The summed E-state index contributed by atoms with van der Waals surface area (Å²) in [6, 6.07) is 3.38. The first kappa shape index (κ1) is 22.6. The van der Waals surface area contributed by atoms with Gasteiger partial charge in [0.25, 0.3) is 0 Å². The zero-order valence-corrected chi connectivity index (χ0v) is 18.3. The molecule has 4 heterocycles. The Labute approximate surface area is 190 Å². The Balaban J connectivity index is 1.33. The largest absolute Gasteiger partial charge is 0.483 e. The quantitative estimate of drug-likeness (QED) is 0.527. The van der Waals surface area contributed by atoms with E-state index in [1.807, 2.05) is 0 Å². The summed E-state index contributed by atoms with van der Waals surface area (Å²) in [5.74, 6) is -3.84. The van der Waals surface area contributed by atoms with Crippen LogP contribution in [0, 0.1) is 25.7 Å². The third-order valence-electron chi connectivity index (χ3n) is 6.38. The van der Waals surface area contributed by atoms with Crippen molar-refractivity contribution < 1.29 is 31.2 Å². The minimum Gasteiger partial charge on any atom is -0.483 e. The van der Waals surface area contributed by atoms with Crippen LogP contribution in [0.2, 0.25) is 0 Å². The molecule has 34 heavy (non-hydrogen) atoms. The molecule has 5 rings (SSSR count). The van der Waals surface area contributed by atoms with Crippen LogP contribution in [0.5, 0.6) is 5.75 Å². The Bertz CT molecular complexity index is 1180. The zero-order valence-electron chi connectivity index (χ0n) is 18.3. The second-order valence-electron chi connectivity index (χ2n) is 8.80. The van der Waals surface area contributed by atoms with Gasteiger partial charge in [-0.3, -0.25) is 0 Å². The molecule has 2 atom stereocenters. The Morgan fingerprint density at radius 3 is 2.41 bits per heavy atom. The molecule has 3 aromatic heterocycles. The number of nitrogens with one attached hydrogen (secondary N) is 1. The van der Waals surface area contributed by atoms with Crippen molar-refractivity contribution in [1.29, 1.82) is 0 Å².